The van der Waals surface area contributed by atoms with Crippen LogP contribution in [0.2, 0.25) is 0 Å². The summed E-state index contributed by atoms with van der Waals surface area (Å²) in [5, 5.41) is 9.27. The van der Waals surface area contributed by atoms with Gasteiger partial charge >= 0.3 is 0 Å². The maximum Gasteiger partial charge on any atom is 0.148 e. The summed E-state index contributed by atoms with van der Waals surface area (Å²) >= 11 is 7.07. The zero-order valence-corrected chi connectivity index (χ0v) is 14.8. The van der Waals surface area contributed by atoms with Gasteiger partial charge in [-0.25, -0.2) is 0 Å². The molecule has 1 atom stereocenters. The Balaban J connectivity index is 2.11. The number of rotatable bonds is 5. The zero-order chi connectivity index (χ0) is 15.4. The molecule has 3 N–H and O–H groups in total. The number of aromatic hydroxyl groups is 1. The van der Waals surface area contributed by atoms with Gasteiger partial charge in [-0.15, -0.1) is 0 Å². The molecule has 1 unspecified atom stereocenters. The van der Waals surface area contributed by atoms with Gasteiger partial charge in [0.05, 0.1) is 8.95 Å². The molecule has 0 aliphatic rings. The number of phenols is 1. The largest absolute Gasteiger partial charge is 0.508 e. The first kappa shape index (κ1) is 16.3. The lowest BCUT2D eigenvalue weighted by molar-refractivity contribution is 0.302. The minimum atomic E-state index is 0.118. The highest BCUT2D eigenvalue weighted by Crippen LogP contribution is 2.35. The van der Waals surface area contributed by atoms with Crippen molar-refractivity contribution in [2.75, 3.05) is 0 Å². The van der Waals surface area contributed by atoms with E-state index in [-0.39, 0.29) is 11.8 Å². The van der Waals surface area contributed by atoms with E-state index in [1.807, 2.05) is 31.2 Å². The fourth-order valence-electron chi connectivity index (χ4n) is 1.99. The van der Waals surface area contributed by atoms with E-state index in [2.05, 4.69) is 31.9 Å². The van der Waals surface area contributed by atoms with E-state index in [4.69, 9.17) is 10.5 Å². The van der Waals surface area contributed by atoms with Crippen molar-refractivity contribution >= 4 is 31.9 Å². The molecule has 2 aromatic rings. The molecule has 2 rings (SSSR count). The van der Waals surface area contributed by atoms with E-state index in [1.165, 1.54) is 0 Å². The number of hydrogen-bond acceptors (Lipinski definition) is 3. The van der Waals surface area contributed by atoms with Gasteiger partial charge < -0.3 is 15.6 Å². The van der Waals surface area contributed by atoms with Crippen LogP contribution in [0.25, 0.3) is 0 Å². The Kier molecular flexibility index (Phi) is 5.67. The fourth-order valence-corrected chi connectivity index (χ4v) is 3.50. The summed E-state index contributed by atoms with van der Waals surface area (Å²) in [5.41, 5.74) is 7.97. The molecule has 0 aliphatic heterocycles. The Labute approximate surface area is 141 Å². The van der Waals surface area contributed by atoms with Crippen molar-refractivity contribution in [3.8, 4) is 11.5 Å². The Hall–Kier alpha value is -1.04. The van der Waals surface area contributed by atoms with E-state index >= 15 is 0 Å². The normalized spacial score (nSPS) is 12.2. The highest BCUT2D eigenvalue weighted by molar-refractivity contribution is 9.11. The van der Waals surface area contributed by atoms with Crippen LogP contribution in [-0.4, -0.2) is 11.1 Å². The molecule has 0 radical (unpaired) electrons. The first-order valence-electron chi connectivity index (χ1n) is 6.60. The number of benzene rings is 2. The summed E-state index contributed by atoms with van der Waals surface area (Å²) in [5.74, 6) is 1.01. The molecule has 112 valence electrons. The second kappa shape index (κ2) is 7.29. The van der Waals surface area contributed by atoms with E-state index in [0.29, 0.717) is 6.61 Å². The standard InChI is InChI=1S/C16H17Br2NO2/c1-10(19)6-12-7-14(17)16(15(18)8-12)21-9-11-2-4-13(20)5-3-11/h2-5,7-8,10,20H,6,9,19H2,1H3. The van der Waals surface area contributed by atoms with Gasteiger partial charge in [0.2, 0.25) is 0 Å². The van der Waals surface area contributed by atoms with Gasteiger partial charge in [-0.2, -0.15) is 0 Å². The van der Waals surface area contributed by atoms with Crippen LogP contribution in [-0.2, 0) is 13.0 Å². The van der Waals surface area contributed by atoms with Crippen molar-refractivity contribution in [1.29, 1.82) is 0 Å². The number of halogens is 2. The van der Waals surface area contributed by atoms with Gasteiger partial charge in [0, 0.05) is 6.04 Å². The Morgan fingerprint density at radius 1 is 1.10 bits per heavy atom. The van der Waals surface area contributed by atoms with Crippen molar-refractivity contribution in [3.05, 3.63) is 56.5 Å². The van der Waals surface area contributed by atoms with Crippen LogP contribution in [0, 0.1) is 0 Å². The number of phenolic OH excluding ortho intramolecular Hbond substituents is 1. The maximum absolute atomic E-state index is 9.27. The summed E-state index contributed by atoms with van der Waals surface area (Å²) in [6, 6.07) is 11.1. The Morgan fingerprint density at radius 3 is 2.19 bits per heavy atom. The molecule has 0 aliphatic carbocycles. The van der Waals surface area contributed by atoms with Gasteiger partial charge in [-0.05, 0) is 80.6 Å². The smallest absolute Gasteiger partial charge is 0.148 e. The molecule has 0 spiro atoms. The van der Waals surface area contributed by atoms with Crippen molar-refractivity contribution in [3.63, 3.8) is 0 Å². The molecule has 0 bridgehead atoms. The second-order valence-corrected chi connectivity index (χ2v) is 6.73. The molecular formula is C16H17Br2NO2. The number of hydrogen-bond donors (Lipinski definition) is 2. The van der Waals surface area contributed by atoms with Gasteiger partial charge in [0.15, 0.2) is 0 Å². The molecular weight excluding hydrogens is 398 g/mol. The van der Waals surface area contributed by atoms with Crippen LogP contribution in [0.3, 0.4) is 0 Å². The van der Waals surface area contributed by atoms with Crippen LogP contribution >= 0.6 is 31.9 Å². The Bertz CT molecular complexity index is 589. The molecule has 21 heavy (non-hydrogen) atoms. The van der Waals surface area contributed by atoms with Gasteiger partial charge in [-0.3, -0.25) is 0 Å². The van der Waals surface area contributed by atoms with Crippen molar-refractivity contribution < 1.29 is 9.84 Å². The van der Waals surface area contributed by atoms with Crippen molar-refractivity contribution in [2.45, 2.75) is 26.0 Å². The summed E-state index contributed by atoms with van der Waals surface area (Å²) in [6.45, 7) is 2.42. The van der Waals surface area contributed by atoms with Crippen LogP contribution in [0.4, 0.5) is 0 Å². The summed E-state index contributed by atoms with van der Waals surface area (Å²) in [6.07, 6.45) is 0.815. The fraction of sp³-hybridized carbons (Fsp3) is 0.250. The van der Waals surface area contributed by atoms with Crippen molar-refractivity contribution in [1.82, 2.24) is 0 Å². The minimum absolute atomic E-state index is 0.118. The van der Waals surface area contributed by atoms with E-state index < -0.39 is 0 Å². The molecule has 0 fully saturated rings. The highest BCUT2D eigenvalue weighted by Gasteiger charge is 2.10. The van der Waals surface area contributed by atoms with Crippen LogP contribution in [0.15, 0.2) is 45.3 Å². The molecule has 0 aromatic heterocycles. The monoisotopic (exact) mass is 413 g/mol. The summed E-state index contributed by atoms with van der Waals surface area (Å²) < 4.78 is 7.64. The quantitative estimate of drug-likeness (QED) is 0.762. The van der Waals surface area contributed by atoms with E-state index in [0.717, 1.165) is 32.2 Å². The number of nitrogens with two attached hydrogens (primary N) is 1. The topological polar surface area (TPSA) is 55.5 Å². The lowest BCUT2D eigenvalue weighted by atomic mass is 10.1. The predicted molar refractivity (Wildman–Crippen MR) is 91.6 cm³/mol. The Morgan fingerprint density at radius 2 is 1.67 bits per heavy atom. The average Bonchev–Trinajstić information content (AvgIpc) is 2.39. The average molecular weight is 415 g/mol. The van der Waals surface area contributed by atoms with Crippen LogP contribution in [0.5, 0.6) is 11.5 Å². The SMILES string of the molecule is CC(N)Cc1cc(Br)c(OCc2ccc(O)cc2)c(Br)c1. The molecule has 0 saturated heterocycles. The third-order valence-electron chi connectivity index (χ3n) is 2.94. The van der Waals surface area contributed by atoms with Gasteiger partial charge in [0.25, 0.3) is 0 Å². The summed E-state index contributed by atoms with van der Waals surface area (Å²) in [4.78, 5) is 0. The van der Waals surface area contributed by atoms with E-state index in [9.17, 15) is 5.11 Å². The maximum atomic E-state index is 9.27. The third kappa shape index (κ3) is 4.73. The predicted octanol–water partition coefficient (Wildman–Crippen LogP) is 4.39. The molecule has 0 saturated carbocycles. The first-order chi connectivity index (χ1) is 9.95. The van der Waals surface area contributed by atoms with Crippen LogP contribution in [0.1, 0.15) is 18.1 Å². The zero-order valence-electron chi connectivity index (χ0n) is 11.6. The lowest BCUT2D eigenvalue weighted by Gasteiger charge is -2.13. The molecule has 2 aromatic carbocycles. The lowest BCUT2D eigenvalue weighted by Crippen LogP contribution is -2.17. The van der Waals surface area contributed by atoms with Gasteiger partial charge in [-0.1, -0.05) is 12.1 Å². The van der Waals surface area contributed by atoms with Crippen molar-refractivity contribution in [2.24, 2.45) is 5.73 Å². The third-order valence-corrected chi connectivity index (χ3v) is 4.11. The molecule has 3 nitrogen and oxygen atoms in total. The molecule has 5 heteroatoms. The van der Waals surface area contributed by atoms with Gasteiger partial charge in [0.1, 0.15) is 18.1 Å². The number of ether oxygens (including phenoxy) is 1. The van der Waals surface area contributed by atoms with Crippen LogP contribution < -0.4 is 10.5 Å². The second-order valence-electron chi connectivity index (χ2n) is 5.03. The first-order valence-corrected chi connectivity index (χ1v) is 8.18. The highest BCUT2D eigenvalue weighted by atomic mass is 79.9. The van der Waals surface area contributed by atoms with E-state index in [1.54, 1.807) is 12.1 Å². The molecule has 0 heterocycles. The molecule has 0 amide bonds. The minimum Gasteiger partial charge on any atom is -0.508 e. The summed E-state index contributed by atoms with van der Waals surface area (Å²) in [7, 11) is 0.